The highest BCUT2D eigenvalue weighted by Gasteiger charge is 2.27. The second-order valence-corrected chi connectivity index (χ2v) is 4.43. The van der Waals surface area contributed by atoms with Gasteiger partial charge in [-0.15, -0.1) is 0 Å². The van der Waals surface area contributed by atoms with Crippen molar-refractivity contribution in [3.8, 4) is 0 Å². The highest BCUT2D eigenvalue weighted by molar-refractivity contribution is 5.92. The second kappa shape index (κ2) is 6.45. The van der Waals surface area contributed by atoms with Crippen molar-refractivity contribution in [1.29, 1.82) is 0 Å². The van der Waals surface area contributed by atoms with Gasteiger partial charge in [-0.3, -0.25) is 4.79 Å². The van der Waals surface area contributed by atoms with Gasteiger partial charge in [-0.25, -0.2) is 4.39 Å². The van der Waals surface area contributed by atoms with Crippen LogP contribution in [0.1, 0.15) is 5.56 Å². The standard InChI is InChI=1S/C14H17FN2O2/c1-19-13-9-16-8-12(13)17-14(18)7-4-10-2-5-11(15)6-3-10/h2-7,12-13,16H,8-9H2,1H3,(H,17,18)/b7-4+/t12?,13-/m0/s1. The summed E-state index contributed by atoms with van der Waals surface area (Å²) in [6, 6.07) is 5.94. The molecule has 5 heteroatoms. The highest BCUT2D eigenvalue weighted by atomic mass is 19.1. The number of halogens is 1. The molecule has 0 bridgehead atoms. The van der Waals surface area contributed by atoms with Crippen molar-refractivity contribution < 1.29 is 13.9 Å². The van der Waals surface area contributed by atoms with Crippen molar-refractivity contribution in [2.75, 3.05) is 20.2 Å². The third-order valence-corrected chi connectivity index (χ3v) is 3.09. The fraction of sp³-hybridized carbons (Fsp3) is 0.357. The van der Waals surface area contributed by atoms with Crippen LogP contribution in [-0.4, -0.2) is 38.3 Å². The van der Waals surface area contributed by atoms with E-state index in [1.165, 1.54) is 18.2 Å². The van der Waals surface area contributed by atoms with Gasteiger partial charge in [-0.05, 0) is 23.8 Å². The summed E-state index contributed by atoms with van der Waals surface area (Å²) < 4.78 is 18.0. The molecule has 2 atom stereocenters. The van der Waals surface area contributed by atoms with E-state index in [0.717, 1.165) is 12.1 Å². The van der Waals surface area contributed by atoms with Crippen molar-refractivity contribution in [2.24, 2.45) is 0 Å². The molecule has 1 aromatic carbocycles. The minimum atomic E-state index is -0.290. The molecule has 1 amide bonds. The van der Waals surface area contributed by atoms with E-state index in [1.54, 1.807) is 25.3 Å². The molecule has 4 nitrogen and oxygen atoms in total. The minimum Gasteiger partial charge on any atom is -0.378 e. The number of ether oxygens (including phenoxy) is 1. The fourth-order valence-corrected chi connectivity index (χ4v) is 2.02. The summed E-state index contributed by atoms with van der Waals surface area (Å²) in [5.41, 5.74) is 0.782. The summed E-state index contributed by atoms with van der Waals surface area (Å²) in [5.74, 6) is -0.471. The normalized spacial score (nSPS) is 22.8. The Balaban J connectivity index is 1.88. The van der Waals surface area contributed by atoms with Crippen LogP contribution in [0, 0.1) is 5.82 Å². The van der Waals surface area contributed by atoms with E-state index in [4.69, 9.17) is 4.74 Å². The predicted octanol–water partition coefficient (Wildman–Crippen LogP) is 0.942. The topological polar surface area (TPSA) is 50.4 Å². The summed E-state index contributed by atoms with van der Waals surface area (Å²) in [6.45, 7) is 1.44. The monoisotopic (exact) mass is 264 g/mol. The lowest BCUT2D eigenvalue weighted by Gasteiger charge is -2.17. The van der Waals surface area contributed by atoms with Crippen molar-refractivity contribution in [1.82, 2.24) is 10.6 Å². The molecule has 2 rings (SSSR count). The van der Waals surface area contributed by atoms with Crippen LogP contribution in [0.2, 0.25) is 0 Å². The molecular formula is C14H17FN2O2. The zero-order valence-electron chi connectivity index (χ0n) is 10.7. The Morgan fingerprint density at radius 3 is 2.84 bits per heavy atom. The molecule has 0 radical (unpaired) electrons. The lowest BCUT2D eigenvalue weighted by molar-refractivity contribution is -0.117. The Morgan fingerprint density at radius 1 is 1.42 bits per heavy atom. The predicted molar refractivity (Wildman–Crippen MR) is 71.0 cm³/mol. The first-order valence-electron chi connectivity index (χ1n) is 6.16. The largest absolute Gasteiger partial charge is 0.378 e. The third-order valence-electron chi connectivity index (χ3n) is 3.09. The molecule has 1 heterocycles. The average molecular weight is 264 g/mol. The van der Waals surface area contributed by atoms with Gasteiger partial charge in [0, 0.05) is 26.3 Å². The molecular weight excluding hydrogens is 247 g/mol. The molecule has 1 aliphatic heterocycles. The van der Waals surface area contributed by atoms with Crippen molar-refractivity contribution in [2.45, 2.75) is 12.1 Å². The van der Waals surface area contributed by atoms with Gasteiger partial charge < -0.3 is 15.4 Å². The van der Waals surface area contributed by atoms with Crippen LogP contribution in [0.5, 0.6) is 0 Å². The Kier molecular flexibility index (Phi) is 4.65. The average Bonchev–Trinajstić information content (AvgIpc) is 2.85. The lowest BCUT2D eigenvalue weighted by Crippen LogP contribution is -2.42. The summed E-state index contributed by atoms with van der Waals surface area (Å²) in [7, 11) is 1.63. The minimum absolute atomic E-state index is 0.00294. The molecule has 1 saturated heterocycles. The Morgan fingerprint density at radius 2 is 2.16 bits per heavy atom. The van der Waals surface area contributed by atoms with Gasteiger partial charge in [0.05, 0.1) is 12.1 Å². The van der Waals surface area contributed by atoms with Gasteiger partial charge in [-0.2, -0.15) is 0 Å². The van der Waals surface area contributed by atoms with E-state index in [2.05, 4.69) is 10.6 Å². The van der Waals surface area contributed by atoms with Gasteiger partial charge in [0.2, 0.25) is 5.91 Å². The SMILES string of the molecule is CO[C@H]1CNCC1NC(=O)/C=C/c1ccc(F)cc1. The Bertz CT molecular complexity index is 459. The van der Waals surface area contributed by atoms with E-state index >= 15 is 0 Å². The summed E-state index contributed by atoms with van der Waals surface area (Å²) in [4.78, 5) is 11.7. The number of benzene rings is 1. The zero-order chi connectivity index (χ0) is 13.7. The Hall–Kier alpha value is -1.72. The van der Waals surface area contributed by atoms with Crippen LogP contribution in [0.25, 0.3) is 6.08 Å². The number of carbonyl (C=O) groups is 1. The molecule has 0 saturated carbocycles. The number of hydrogen-bond acceptors (Lipinski definition) is 3. The van der Waals surface area contributed by atoms with Crippen LogP contribution in [0.4, 0.5) is 4.39 Å². The number of hydrogen-bond donors (Lipinski definition) is 2. The van der Waals surface area contributed by atoms with Gasteiger partial charge in [0.15, 0.2) is 0 Å². The van der Waals surface area contributed by atoms with E-state index in [9.17, 15) is 9.18 Å². The van der Waals surface area contributed by atoms with Crippen molar-refractivity contribution in [3.05, 3.63) is 41.7 Å². The summed E-state index contributed by atoms with van der Waals surface area (Å²) in [5, 5.41) is 6.03. The molecule has 19 heavy (non-hydrogen) atoms. The number of amides is 1. The second-order valence-electron chi connectivity index (χ2n) is 4.43. The van der Waals surface area contributed by atoms with E-state index in [1.807, 2.05) is 0 Å². The van der Waals surface area contributed by atoms with Gasteiger partial charge in [0.1, 0.15) is 5.82 Å². The molecule has 0 spiro atoms. The first-order valence-corrected chi connectivity index (χ1v) is 6.16. The van der Waals surface area contributed by atoms with Gasteiger partial charge in [0.25, 0.3) is 0 Å². The fourth-order valence-electron chi connectivity index (χ4n) is 2.02. The maximum Gasteiger partial charge on any atom is 0.244 e. The molecule has 102 valence electrons. The molecule has 0 aliphatic carbocycles. The number of rotatable bonds is 4. The summed E-state index contributed by atoms with van der Waals surface area (Å²) >= 11 is 0. The smallest absolute Gasteiger partial charge is 0.244 e. The van der Waals surface area contributed by atoms with Crippen molar-refractivity contribution in [3.63, 3.8) is 0 Å². The van der Waals surface area contributed by atoms with Crippen LogP contribution < -0.4 is 10.6 Å². The quantitative estimate of drug-likeness (QED) is 0.796. The summed E-state index contributed by atoms with van der Waals surface area (Å²) in [6.07, 6.45) is 3.10. The van der Waals surface area contributed by atoms with E-state index in [0.29, 0.717) is 6.54 Å². The van der Waals surface area contributed by atoms with E-state index < -0.39 is 0 Å². The van der Waals surface area contributed by atoms with Gasteiger partial charge in [-0.1, -0.05) is 12.1 Å². The van der Waals surface area contributed by atoms with Crippen LogP contribution in [-0.2, 0) is 9.53 Å². The molecule has 1 aliphatic rings. The number of nitrogens with one attached hydrogen (secondary N) is 2. The van der Waals surface area contributed by atoms with E-state index in [-0.39, 0.29) is 23.9 Å². The third kappa shape index (κ3) is 3.87. The van der Waals surface area contributed by atoms with Gasteiger partial charge >= 0.3 is 0 Å². The number of carbonyl (C=O) groups excluding carboxylic acids is 1. The first kappa shape index (κ1) is 13.7. The van der Waals surface area contributed by atoms with Crippen LogP contribution >= 0.6 is 0 Å². The lowest BCUT2D eigenvalue weighted by atomic mass is 10.2. The van der Waals surface area contributed by atoms with Crippen LogP contribution in [0.15, 0.2) is 30.3 Å². The first-order chi connectivity index (χ1) is 9.19. The maximum absolute atomic E-state index is 12.7. The Labute approximate surface area is 111 Å². The molecule has 0 aromatic heterocycles. The number of methoxy groups -OCH3 is 1. The molecule has 1 unspecified atom stereocenters. The zero-order valence-corrected chi connectivity index (χ0v) is 10.7. The van der Waals surface area contributed by atoms with Crippen LogP contribution in [0.3, 0.4) is 0 Å². The molecule has 1 aromatic rings. The molecule has 2 N–H and O–H groups in total. The molecule has 1 fully saturated rings. The van der Waals surface area contributed by atoms with Crippen molar-refractivity contribution >= 4 is 12.0 Å². The maximum atomic E-state index is 12.7. The highest BCUT2D eigenvalue weighted by Crippen LogP contribution is 2.06.